The van der Waals surface area contributed by atoms with Crippen molar-refractivity contribution in [3.05, 3.63) is 48.0 Å². The highest BCUT2D eigenvalue weighted by molar-refractivity contribution is 6.00. The number of phenolic OH excluding ortho intramolecular Hbond substituents is 1. The Balaban J connectivity index is 1.36. The molecule has 1 aromatic carbocycles. The summed E-state index contributed by atoms with van der Waals surface area (Å²) >= 11 is 0. The summed E-state index contributed by atoms with van der Waals surface area (Å²) in [7, 11) is 0. The Kier molecular flexibility index (Phi) is 39.3. The number of nitrogens with zero attached hydrogens (tertiary/aromatic N) is 3. The smallest absolute Gasteiger partial charge is 0.326 e. The number of nitrogens with two attached hydrogens (primary N) is 4. The second-order valence-corrected chi connectivity index (χ2v) is 28.9. The van der Waals surface area contributed by atoms with E-state index < -0.39 is 230 Å². The van der Waals surface area contributed by atoms with E-state index in [1.54, 1.807) is 41.5 Å². The molecule has 13 atom stereocenters. The molecule has 24 N–H and O–H groups in total. The zero-order chi connectivity index (χ0) is 82.8. The number of primary amides is 1. The monoisotopic (exact) mass is 1560 g/mol. The Hall–Kier alpha value is -10.4. The number of imidazole rings is 1. The summed E-state index contributed by atoms with van der Waals surface area (Å²) < 4.78 is 0. The Labute approximate surface area is 644 Å². The Morgan fingerprint density at radius 3 is 1.53 bits per heavy atom. The maximum absolute atomic E-state index is 14.5. The van der Waals surface area contributed by atoms with Gasteiger partial charge in [-0.25, -0.2) is 9.78 Å². The van der Waals surface area contributed by atoms with Gasteiger partial charge in [0.05, 0.1) is 38.6 Å². The molecule has 3 heterocycles. The first-order valence-electron chi connectivity index (χ1n) is 37.7. The average Bonchev–Trinajstić information content (AvgIpc) is 1.75. The minimum atomic E-state index is -1.74. The molecule has 2 aliphatic rings. The normalized spacial score (nSPS) is 17.0. The number of unbranched alkanes of at least 4 members (excludes halogenated alkanes) is 2. The van der Waals surface area contributed by atoms with E-state index in [4.69, 9.17) is 22.9 Å². The molecule has 0 unspecified atom stereocenters. The van der Waals surface area contributed by atoms with Gasteiger partial charge in [-0.05, 0) is 119 Å². The molecule has 4 rings (SSSR count). The molecule has 0 aliphatic carbocycles. The molecule has 0 bridgehead atoms. The van der Waals surface area contributed by atoms with Crippen LogP contribution in [0.5, 0.6) is 5.75 Å². The number of aromatic amines is 1. The van der Waals surface area contributed by atoms with Gasteiger partial charge in [0, 0.05) is 44.2 Å². The van der Waals surface area contributed by atoms with Gasteiger partial charge < -0.3 is 117 Å². The number of likely N-dealkylation sites (tertiary alicyclic amines) is 2. The molecular weight excluding hydrogens is 1450 g/mol. The van der Waals surface area contributed by atoms with Gasteiger partial charge >= 0.3 is 5.97 Å². The molecule has 0 radical (unpaired) electrons. The highest BCUT2D eigenvalue weighted by Crippen LogP contribution is 2.23. The number of aliphatic hydroxyl groups is 1. The number of H-pyrrole nitrogens is 1. The topological polar surface area (TPSA) is 617 Å². The van der Waals surface area contributed by atoms with Gasteiger partial charge in [0.2, 0.25) is 88.6 Å². The van der Waals surface area contributed by atoms with Crippen LogP contribution in [-0.4, -0.2) is 255 Å². The van der Waals surface area contributed by atoms with Crippen molar-refractivity contribution in [1.82, 2.24) is 83.6 Å². The Bertz CT molecular complexity index is 3490. The van der Waals surface area contributed by atoms with Crippen LogP contribution < -0.4 is 86.7 Å². The van der Waals surface area contributed by atoms with Crippen LogP contribution in [0.1, 0.15) is 150 Å². The Morgan fingerprint density at radius 1 is 0.523 bits per heavy atom. The van der Waals surface area contributed by atoms with Crippen LogP contribution in [0, 0.1) is 23.7 Å². The predicted octanol–water partition coefficient (Wildman–Crippen LogP) is -5.46. The minimum Gasteiger partial charge on any atom is -0.508 e. The molecule has 2 fully saturated rings. The Morgan fingerprint density at radius 2 is 0.991 bits per heavy atom. The second-order valence-electron chi connectivity index (χ2n) is 28.9. The summed E-state index contributed by atoms with van der Waals surface area (Å²) in [6.45, 7) is 10.7. The van der Waals surface area contributed by atoms with Gasteiger partial charge in [0.15, 0.2) is 0 Å². The van der Waals surface area contributed by atoms with Crippen LogP contribution in [0.2, 0.25) is 0 Å². The fourth-order valence-corrected chi connectivity index (χ4v) is 12.4. The predicted molar refractivity (Wildman–Crippen MR) is 401 cm³/mol. The molecule has 1 aromatic heterocycles. The van der Waals surface area contributed by atoms with Gasteiger partial charge in [-0.1, -0.05) is 80.4 Å². The van der Waals surface area contributed by atoms with E-state index in [0.29, 0.717) is 62.7 Å². The zero-order valence-electron chi connectivity index (χ0n) is 64.5. The third-order valence-electron chi connectivity index (χ3n) is 19.1. The van der Waals surface area contributed by atoms with Crippen molar-refractivity contribution in [2.24, 2.45) is 46.6 Å². The maximum atomic E-state index is 14.5. The summed E-state index contributed by atoms with van der Waals surface area (Å²) in [5, 5.41) is 60.4. The average molecular weight is 1570 g/mol. The molecule has 2 aliphatic heterocycles. The summed E-state index contributed by atoms with van der Waals surface area (Å²) in [4.78, 5) is 227. The standard InChI is InChI=1S/C72H116N20O19/c1-9-41(8)60(69(107)88-58(39(4)5)68(106)86-48(30-42-20-22-44(94)23-21-42)63(101)84-47(17-11-13-27-74)70(108)92-29-15-19-52(92)72(110)111)90-62(100)46(24-25-53(76)95)83-67(105)57(38(2)3)87-65(103)50(36-93)82-56(98)35-79-54(96)33-78-55(97)34-80-66(104)51-18-14-28-91(51)71(109)59(40(6)7)89-64(102)49(31-43-32-77-37-81-43)85-61(99)45(75)16-10-12-26-73/h20-23,32,37-41,45-52,57-60,93-94H,9-19,24-31,33-36,73-75H2,1-8H3,(H2,76,95)(H,77,81)(H,78,97)(H,79,96)(H,80,104)(H,82,98)(H,83,105)(H,84,101)(H,85,99)(H,86,106)(H,87,103)(H,88,107)(H,89,102)(H,90,100)(H,110,111)/t41-,45-,46-,47-,48-,49-,50-,51-,52-,57-,58-,59-,60-/m0/s1. The number of carboxylic acid groups (broad SMARTS) is 1. The zero-order valence-corrected chi connectivity index (χ0v) is 64.5. The molecule has 39 nitrogen and oxygen atoms in total. The SMILES string of the molecule is CC[C@H](C)[C@H](NC(=O)[C@H](CCC(N)=O)NC(=O)[C@@H](NC(=O)[C@H](CO)NC(=O)CNC(=O)CNC(=O)CNC(=O)[C@@H]1CCCN1C(=O)[C@@H](NC(=O)[C@H](Cc1cnc[nH]1)NC(=O)[C@@H](N)CCCCN)C(C)C)C(C)C)C(=O)N[C@H](C(=O)N[C@@H](Cc1ccc(O)cc1)C(=O)N[C@@H](CCCCN)C(=O)N1CCC[C@H]1C(=O)O)C(C)C. The van der Waals surface area contributed by atoms with Crippen LogP contribution in [-0.2, 0) is 89.6 Å². The fraction of sp³-hybridized carbons (Fsp3) is 0.653. The number of phenols is 1. The first-order valence-corrected chi connectivity index (χ1v) is 37.7. The third kappa shape index (κ3) is 30.4. The molecule has 111 heavy (non-hydrogen) atoms. The number of hydrogen-bond donors (Lipinski definition) is 20. The van der Waals surface area contributed by atoms with Gasteiger partial charge in [0.1, 0.15) is 72.2 Å². The first kappa shape index (κ1) is 93.0. The third-order valence-corrected chi connectivity index (χ3v) is 19.1. The minimum absolute atomic E-state index is 0.0158. The quantitative estimate of drug-likeness (QED) is 0.0275. The van der Waals surface area contributed by atoms with Crippen molar-refractivity contribution in [3.8, 4) is 5.75 Å². The number of hydrogen-bond acceptors (Lipinski definition) is 22. The number of aromatic hydroxyl groups is 1. The number of carbonyl (C=O) groups excluding carboxylic acids is 15. The molecule has 2 aromatic rings. The molecule has 2 saturated heterocycles. The van der Waals surface area contributed by atoms with Crippen LogP contribution in [0.3, 0.4) is 0 Å². The van der Waals surface area contributed by atoms with Crippen molar-refractivity contribution in [2.75, 3.05) is 52.4 Å². The summed E-state index contributed by atoms with van der Waals surface area (Å²) in [6.07, 6.45) is 5.79. The van der Waals surface area contributed by atoms with Crippen molar-refractivity contribution in [2.45, 2.75) is 224 Å². The number of carboxylic acids is 1. The number of aliphatic hydroxyl groups excluding tert-OH is 1. The van der Waals surface area contributed by atoms with E-state index in [2.05, 4.69) is 73.8 Å². The van der Waals surface area contributed by atoms with Crippen LogP contribution >= 0.6 is 0 Å². The number of aromatic nitrogens is 2. The van der Waals surface area contributed by atoms with Crippen LogP contribution in [0.15, 0.2) is 36.8 Å². The number of nitrogens with one attached hydrogen (secondary N) is 13. The van der Waals surface area contributed by atoms with Crippen molar-refractivity contribution in [3.63, 3.8) is 0 Å². The lowest BCUT2D eigenvalue weighted by Crippen LogP contribution is -2.62. The van der Waals surface area contributed by atoms with E-state index in [1.807, 2.05) is 0 Å². The number of rotatable bonds is 48. The first-order chi connectivity index (χ1) is 52.5. The molecule has 618 valence electrons. The molecule has 0 saturated carbocycles. The summed E-state index contributed by atoms with van der Waals surface area (Å²) in [5.74, 6) is -16.4. The van der Waals surface area contributed by atoms with Gasteiger partial charge in [-0.2, -0.15) is 0 Å². The molecule has 0 spiro atoms. The number of amides is 15. The van der Waals surface area contributed by atoms with Crippen LogP contribution in [0.25, 0.3) is 0 Å². The van der Waals surface area contributed by atoms with Gasteiger partial charge in [0.25, 0.3) is 0 Å². The lowest BCUT2D eigenvalue weighted by molar-refractivity contribution is -0.149. The van der Waals surface area contributed by atoms with Crippen molar-refractivity contribution in [1.29, 1.82) is 0 Å². The van der Waals surface area contributed by atoms with E-state index in [9.17, 15) is 92.0 Å². The molecule has 39 heteroatoms. The molecular formula is C72H116N20O19. The highest BCUT2D eigenvalue weighted by atomic mass is 16.4. The summed E-state index contributed by atoms with van der Waals surface area (Å²) in [5.41, 5.74) is 23.9. The number of aliphatic carboxylic acids is 1. The lowest BCUT2D eigenvalue weighted by atomic mass is 9.95. The fourth-order valence-electron chi connectivity index (χ4n) is 12.4. The largest absolute Gasteiger partial charge is 0.508 e. The van der Waals surface area contributed by atoms with E-state index in [-0.39, 0.29) is 63.9 Å². The van der Waals surface area contributed by atoms with Gasteiger partial charge in [-0.15, -0.1) is 0 Å². The highest BCUT2D eigenvalue weighted by Gasteiger charge is 2.43. The number of carbonyl (C=O) groups is 16. The van der Waals surface area contributed by atoms with Crippen molar-refractivity contribution < 1.29 is 92.0 Å². The lowest BCUT2D eigenvalue weighted by Gasteiger charge is -2.31. The van der Waals surface area contributed by atoms with E-state index >= 15 is 0 Å². The van der Waals surface area contributed by atoms with Crippen LogP contribution in [0.4, 0.5) is 0 Å². The molecule has 15 amide bonds. The summed E-state index contributed by atoms with van der Waals surface area (Å²) in [6, 6.07) is -10.0. The van der Waals surface area contributed by atoms with E-state index in [1.165, 1.54) is 60.4 Å². The second kappa shape index (κ2) is 46.9. The van der Waals surface area contributed by atoms with Gasteiger partial charge in [-0.3, -0.25) is 71.9 Å². The number of benzene rings is 1. The van der Waals surface area contributed by atoms with E-state index in [0.717, 1.165) is 0 Å². The maximum Gasteiger partial charge on any atom is 0.326 e. The van der Waals surface area contributed by atoms with Crippen molar-refractivity contribution >= 4 is 94.6 Å².